The van der Waals surface area contributed by atoms with Crippen LogP contribution in [0.1, 0.15) is 40.5 Å². The normalized spacial score (nSPS) is 22.6. The minimum Gasteiger partial charge on any atom is -0.481 e. The third-order valence-electron chi connectivity index (χ3n) is 4.00. The number of amides is 2. The Bertz CT molecular complexity index is 540. The molecule has 0 aromatic carbocycles. The third kappa shape index (κ3) is 7.79. The van der Waals surface area contributed by atoms with E-state index >= 15 is 0 Å². The number of carbonyl (C=O) groups is 3. The van der Waals surface area contributed by atoms with Crippen molar-refractivity contribution >= 4 is 39.6 Å². The summed E-state index contributed by atoms with van der Waals surface area (Å²) in [5, 5.41) is 11.5. The van der Waals surface area contributed by atoms with Crippen LogP contribution < -0.4 is 5.32 Å². The summed E-state index contributed by atoms with van der Waals surface area (Å²) in [6.45, 7) is 7.80. The summed E-state index contributed by atoms with van der Waals surface area (Å²) in [5.41, 5.74) is -1.69. The lowest BCUT2D eigenvalue weighted by Gasteiger charge is -2.34. The number of likely N-dealkylation sites (tertiary alicyclic amines) is 1. The van der Waals surface area contributed by atoms with Crippen LogP contribution in [0.2, 0.25) is 0 Å². The Hall–Kier alpha value is -1.13. The number of hydrogen-bond acceptors (Lipinski definition) is 7. The van der Waals surface area contributed by atoms with E-state index in [1.807, 2.05) is 0 Å². The van der Waals surface area contributed by atoms with Gasteiger partial charge < -0.3 is 19.9 Å². The summed E-state index contributed by atoms with van der Waals surface area (Å²) in [4.78, 5) is 37.2. The molecule has 2 atom stereocenters. The molecule has 0 aromatic heterocycles. The monoisotopic (exact) mass is 422 g/mol. The molecule has 1 saturated heterocycles. The topological polar surface area (TPSA) is 105 Å². The van der Waals surface area contributed by atoms with Gasteiger partial charge in [0.05, 0.1) is 19.1 Å². The van der Waals surface area contributed by atoms with Gasteiger partial charge in [-0.3, -0.25) is 14.5 Å². The Morgan fingerprint density at radius 3 is 2.44 bits per heavy atom. The van der Waals surface area contributed by atoms with Gasteiger partial charge in [-0.05, 0) is 27.7 Å². The first-order valence-corrected chi connectivity index (χ1v) is 11.3. The molecule has 1 rings (SSSR count). The van der Waals surface area contributed by atoms with Crippen LogP contribution in [-0.2, 0) is 19.1 Å². The molecule has 8 nitrogen and oxygen atoms in total. The molecular weight excluding hydrogens is 392 g/mol. The molecule has 10 heteroatoms. The molecule has 1 aliphatic rings. The summed E-state index contributed by atoms with van der Waals surface area (Å²) in [6, 6.07) is 0. The Kier molecular flexibility index (Phi) is 9.23. The first-order chi connectivity index (χ1) is 12.5. The van der Waals surface area contributed by atoms with Crippen molar-refractivity contribution in [2.45, 2.75) is 57.8 Å². The largest absolute Gasteiger partial charge is 0.481 e. The number of ether oxygens (including phenoxy) is 2. The molecule has 156 valence electrons. The standard InChI is InChI=1S/C17H30N2O6S2/c1-16(2,3)25-15(23)19-11-12(24-5)10-17(19,4)14(22)18-7-9-27-26-8-6-13(20)21/h12H,6-11H2,1-5H3,(H,18,22)(H,20,21). The molecule has 1 aliphatic heterocycles. The van der Waals surface area contributed by atoms with Gasteiger partial charge in [0.25, 0.3) is 0 Å². The van der Waals surface area contributed by atoms with Crippen LogP contribution in [0.3, 0.4) is 0 Å². The van der Waals surface area contributed by atoms with E-state index in [1.54, 1.807) is 34.8 Å². The average molecular weight is 423 g/mol. The number of methoxy groups -OCH3 is 1. The van der Waals surface area contributed by atoms with Crippen molar-refractivity contribution in [1.82, 2.24) is 10.2 Å². The lowest BCUT2D eigenvalue weighted by atomic mass is 9.97. The molecule has 0 aliphatic carbocycles. The fourth-order valence-corrected chi connectivity index (χ4v) is 4.52. The van der Waals surface area contributed by atoms with E-state index in [9.17, 15) is 14.4 Å². The lowest BCUT2D eigenvalue weighted by molar-refractivity contribution is -0.136. The van der Waals surface area contributed by atoms with Crippen LogP contribution in [0, 0.1) is 0 Å². The molecule has 1 heterocycles. The maximum atomic E-state index is 12.8. The zero-order valence-corrected chi connectivity index (χ0v) is 18.2. The van der Waals surface area contributed by atoms with Crippen LogP contribution >= 0.6 is 21.6 Å². The van der Waals surface area contributed by atoms with E-state index in [2.05, 4.69) is 5.32 Å². The lowest BCUT2D eigenvalue weighted by Crippen LogP contribution is -2.56. The van der Waals surface area contributed by atoms with Gasteiger partial charge in [0.1, 0.15) is 11.1 Å². The second-order valence-corrected chi connectivity index (χ2v) is 10.2. The third-order valence-corrected chi connectivity index (χ3v) is 6.41. The van der Waals surface area contributed by atoms with Crippen LogP contribution in [-0.4, -0.2) is 76.9 Å². The average Bonchev–Trinajstić information content (AvgIpc) is 2.90. The van der Waals surface area contributed by atoms with Gasteiger partial charge in [-0.25, -0.2) is 4.79 Å². The highest BCUT2D eigenvalue weighted by Crippen LogP contribution is 2.32. The predicted octanol–water partition coefficient (Wildman–Crippen LogP) is 2.37. The maximum Gasteiger partial charge on any atom is 0.411 e. The molecule has 1 fully saturated rings. The smallest absolute Gasteiger partial charge is 0.411 e. The molecule has 2 amide bonds. The summed E-state index contributed by atoms with van der Waals surface area (Å²) >= 11 is 0. The van der Waals surface area contributed by atoms with Gasteiger partial charge in [-0.15, -0.1) is 0 Å². The van der Waals surface area contributed by atoms with Gasteiger partial charge >= 0.3 is 12.1 Å². The minimum atomic E-state index is -1.04. The second-order valence-electron chi connectivity index (χ2n) is 7.47. The van der Waals surface area contributed by atoms with Crippen molar-refractivity contribution in [1.29, 1.82) is 0 Å². The number of rotatable bonds is 9. The van der Waals surface area contributed by atoms with Crippen molar-refractivity contribution < 1.29 is 29.0 Å². The van der Waals surface area contributed by atoms with Crippen molar-refractivity contribution in [3.8, 4) is 0 Å². The molecule has 2 N–H and O–H groups in total. The minimum absolute atomic E-state index is 0.116. The Morgan fingerprint density at radius 2 is 1.89 bits per heavy atom. The Balaban J connectivity index is 2.57. The number of aliphatic carboxylic acids is 1. The molecule has 2 unspecified atom stereocenters. The first kappa shape index (κ1) is 23.9. The summed E-state index contributed by atoms with van der Waals surface area (Å²) in [7, 11) is 4.53. The molecular formula is C17H30N2O6S2. The Labute approximate surface area is 168 Å². The van der Waals surface area contributed by atoms with E-state index < -0.39 is 23.2 Å². The van der Waals surface area contributed by atoms with E-state index in [4.69, 9.17) is 14.6 Å². The van der Waals surface area contributed by atoms with Crippen LogP contribution in [0.15, 0.2) is 0 Å². The van der Waals surface area contributed by atoms with Crippen LogP contribution in [0.5, 0.6) is 0 Å². The number of hydrogen-bond donors (Lipinski definition) is 2. The zero-order valence-electron chi connectivity index (χ0n) is 16.6. The second kappa shape index (κ2) is 10.4. The summed E-state index contributed by atoms with van der Waals surface area (Å²) in [6.07, 6.45) is -0.243. The number of nitrogens with zero attached hydrogens (tertiary/aromatic N) is 1. The van der Waals surface area contributed by atoms with Crippen molar-refractivity contribution in [3.63, 3.8) is 0 Å². The van der Waals surface area contributed by atoms with Crippen LogP contribution in [0.4, 0.5) is 4.79 Å². The summed E-state index contributed by atoms with van der Waals surface area (Å²) in [5.74, 6) is 0.101. The van der Waals surface area contributed by atoms with Gasteiger partial charge in [0, 0.05) is 31.6 Å². The van der Waals surface area contributed by atoms with Crippen molar-refractivity contribution in [2.24, 2.45) is 0 Å². The first-order valence-electron chi connectivity index (χ1n) is 8.77. The number of carboxylic acid groups (broad SMARTS) is 1. The van der Waals surface area contributed by atoms with Crippen LogP contribution in [0.25, 0.3) is 0 Å². The van der Waals surface area contributed by atoms with Crippen molar-refractivity contribution in [3.05, 3.63) is 0 Å². The molecule has 0 saturated carbocycles. The van der Waals surface area contributed by atoms with Crippen molar-refractivity contribution in [2.75, 3.05) is 31.7 Å². The number of carboxylic acids is 1. The van der Waals surface area contributed by atoms with E-state index in [1.165, 1.54) is 26.5 Å². The van der Waals surface area contributed by atoms with Gasteiger partial charge in [0.2, 0.25) is 5.91 Å². The van der Waals surface area contributed by atoms with Gasteiger partial charge in [-0.2, -0.15) is 0 Å². The Morgan fingerprint density at radius 1 is 1.26 bits per heavy atom. The van der Waals surface area contributed by atoms with E-state index in [-0.39, 0.29) is 18.4 Å². The highest BCUT2D eigenvalue weighted by molar-refractivity contribution is 8.76. The molecule has 0 aromatic rings. The van der Waals surface area contributed by atoms with E-state index in [0.29, 0.717) is 31.0 Å². The molecule has 0 spiro atoms. The molecule has 27 heavy (non-hydrogen) atoms. The highest BCUT2D eigenvalue weighted by Gasteiger charge is 2.51. The summed E-state index contributed by atoms with van der Waals surface area (Å²) < 4.78 is 10.8. The van der Waals surface area contributed by atoms with Gasteiger partial charge in [0.15, 0.2) is 0 Å². The highest BCUT2D eigenvalue weighted by atomic mass is 33.1. The number of carbonyl (C=O) groups excluding carboxylic acids is 2. The van der Waals surface area contributed by atoms with E-state index in [0.717, 1.165) is 0 Å². The molecule has 0 radical (unpaired) electrons. The fraction of sp³-hybridized carbons (Fsp3) is 0.824. The predicted molar refractivity (Wildman–Crippen MR) is 107 cm³/mol. The van der Waals surface area contributed by atoms with Gasteiger partial charge in [-0.1, -0.05) is 21.6 Å². The SMILES string of the molecule is COC1CN(C(=O)OC(C)(C)C)C(C)(C(=O)NCCSSCCC(=O)O)C1. The fourth-order valence-electron chi connectivity index (χ4n) is 2.63. The zero-order chi connectivity index (χ0) is 20.7. The molecule has 0 bridgehead atoms. The quantitative estimate of drug-likeness (QED) is 0.431. The number of nitrogens with one attached hydrogen (secondary N) is 1. The maximum absolute atomic E-state index is 12.8.